The lowest BCUT2D eigenvalue weighted by atomic mass is 10.2. The molecule has 0 bridgehead atoms. The Labute approximate surface area is 136 Å². The van der Waals surface area contributed by atoms with Gasteiger partial charge in [-0.3, -0.25) is 0 Å². The summed E-state index contributed by atoms with van der Waals surface area (Å²) in [6.07, 6.45) is -3.88. The van der Waals surface area contributed by atoms with Crippen LogP contribution in [0.15, 0.2) is 30.5 Å². The van der Waals surface area contributed by atoms with Crippen molar-refractivity contribution in [3.05, 3.63) is 41.0 Å². The third kappa shape index (κ3) is 4.99. The number of anilines is 2. The minimum atomic E-state index is -4.58. The summed E-state index contributed by atoms with van der Waals surface area (Å²) in [7, 11) is 0. The normalized spacial score (nSPS) is 11.6. The topological polar surface area (TPSA) is 47.0 Å². The van der Waals surface area contributed by atoms with E-state index >= 15 is 0 Å². The van der Waals surface area contributed by atoms with Crippen LogP contribution < -0.4 is 10.1 Å². The lowest BCUT2D eigenvalue weighted by Crippen LogP contribution is -2.14. The molecule has 0 saturated carbocycles. The monoisotopic (exact) mass is 345 g/mol. The van der Waals surface area contributed by atoms with Gasteiger partial charge in [0.25, 0.3) is 0 Å². The van der Waals surface area contributed by atoms with Crippen LogP contribution in [-0.2, 0) is 6.18 Å². The largest absolute Gasteiger partial charge is 0.477 e. The number of hydrogen-bond donors (Lipinski definition) is 1. The van der Waals surface area contributed by atoms with Gasteiger partial charge in [-0.2, -0.15) is 18.2 Å². The maximum atomic E-state index is 13.0. The summed E-state index contributed by atoms with van der Waals surface area (Å²) in [5.41, 5.74) is -0.443. The number of aromatic nitrogens is 2. The molecule has 1 heterocycles. The first kappa shape index (κ1) is 17.3. The van der Waals surface area contributed by atoms with E-state index < -0.39 is 17.6 Å². The number of halogens is 4. The minimum Gasteiger partial charge on any atom is -0.477 e. The fraction of sp³-hybridized carbons (Fsp3) is 0.333. The molecule has 0 saturated heterocycles. The quantitative estimate of drug-likeness (QED) is 0.835. The van der Waals surface area contributed by atoms with Crippen LogP contribution in [0.2, 0.25) is 5.02 Å². The predicted molar refractivity (Wildman–Crippen MR) is 82.1 cm³/mol. The van der Waals surface area contributed by atoms with Gasteiger partial charge in [0.1, 0.15) is 5.56 Å². The molecular weight excluding hydrogens is 331 g/mol. The molecule has 4 nitrogen and oxygen atoms in total. The van der Waals surface area contributed by atoms with E-state index in [0.717, 1.165) is 0 Å². The summed E-state index contributed by atoms with van der Waals surface area (Å²) in [6.45, 7) is 3.79. The molecule has 0 radical (unpaired) electrons. The van der Waals surface area contributed by atoms with Crippen LogP contribution >= 0.6 is 11.6 Å². The number of nitrogens with one attached hydrogen (secondary N) is 1. The number of alkyl halides is 3. The maximum absolute atomic E-state index is 13.0. The highest BCUT2D eigenvalue weighted by molar-refractivity contribution is 6.30. The molecular formula is C15H15ClF3N3O. The van der Waals surface area contributed by atoms with Crippen LogP contribution in [-0.4, -0.2) is 16.6 Å². The van der Waals surface area contributed by atoms with Crippen molar-refractivity contribution in [3.63, 3.8) is 0 Å². The second kappa shape index (κ2) is 7.04. The fourth-order valence-electron chi connectivity index (χ4n) is 1.67. The third-order valence-corrected chi connectivity index (χ3v) is 2.93. The van der Waals surface area contributed by atoms with E-state index in [1.54, 1.807) is 24.3 Å². The molecule has 2 rings (SSSR count). The Morgan fingerprint density at radius 2 is 2.04 bits per heavy atom. The molecule has 2 aromatic rings. The minimum absolute atomic E-state index is 0.000905. The Morgan fingerprint density at radius 1 is 1.30 bits per heavy atom. The summed E-state index contributed by atoms with van der Waals surface area (Å²) < 4.78 is 44.1. The zero-order valence-electron chi connectivity index (χ0n) is 12.5. The van der Waals surface area contributed by atoms with E-state index in [-0.39, 0.29) is 18.5 Å². The first-order valence-electron chi connectivity index (χ1n) is 6.85. The first-order chi connectivity index (χ1) is 10.8. The fourth-order valence-corrected chi connectivity index (χ4v) is 1.86. The summed E-state index contributed by atoms with van der Waals surface area (Å²) in [4.78, 5) is 7.52. The molecule has 1 N–H and O–H groups in total. The average molecular weight is 346 g/mol. The number of nitrogens with zero attached hydrogens (tertiary/aromatic N) is 2. The van der Waals surface area contributed by atoms with Gasteiger partial charge in [0.05, 0.1) is 6.61 Å². The van der Waals surface area contributed by atoms with E-state index in [4.69, 9.17) is 16.3 Å². The van der Waals surface area contributed by atoms with Gasteiger partial charge in [-0.25, -0.2) is 4.98 Å². The van der Waals surface area contributed by atoms with Crippen molar-refractivity contribution in [2.45, 2.75) is 20.0 Å². The molecule has 1 aromatic carbocycles. The Bertz CT molecular complexity index is 677. The Morgan fingerprint density at radius 3 is 2.65 bits per heavy atom. The van der Waals surface area contributed by atoms with Crippen LogP contribution in [0.4, 0.5) is 24.8 Å². The lowest BCUT2D eigenvalue weighted by molar-refractivity contribution is -0.139. The summed E-state index contributed by atoms with van der Waals surface area (Å²) >= 11 is 5.86. The molecule has 0 unspecified atom stereocenters. The molecule has 0 fully saturated rings. The van der Waals surface area contributed by atoms with Gasteiger partial charge in [-0.05, 0) is 24.1 Å². The van der Waals surface area contributed by atoms with Gasteiger partial charge in [-0.15, -0.1) is 0 Å². The molecule has 8 heteroatoms. The van der Waals surface area contributed by atoms with Crippen LogP contribution in [0.3, 0.4) is 0 Å². The third-order valence-electron chi connectivity index (χ3n) is 2.69. The number of rotatable bonds is 5. The van der Waals surface area contributed by atoms with Gasteiger partial charge in [0, 0.05) is 16.9 Å². The van der Waals surface area contributed by atoms with Crippen molar-refractivity contribution in [3.8, 4) is 5.88 Å². The molecule has 0 atom stereocenters. The highest BCUT2D eigenvalue weighted by Crippen LogP contribution is 2.35. The molecule has 0 aliphatic carbocycles. The molecule has 0 spiro atoms. The molecule has 124 valence electrons. The van der Waals surface area contributed by atoms with E-state index in [2.05, 4.69) is 15.3 Å². The van der Waals surface area contributed by atoms with E-state index in [0.29, 0.717) is 16.9 Å². The second-order valence-electron chi connectivity index (χ2n) is 5.25. The summed E-state index contributed by atoms with van der Waals surface area (Å²) in [6, 6.07) is 6.68. The van der Waals surface area contributed by atoms with Crippen molar-refractivity contribution in [2.75, 3.05) is 11.9 Å². The van der Waals surface area contributed by atoms with Crippen LogP contribution in [0.5, 0.6) is 5.88 Å². The van der Waals surface area contributed by atoms with E-state index in [1.807, 2.05) is 13.8 Å². The van der Waals surface area contributed by atoms with Gasteiger partial charge >= 0.3 is 6.18 Å². The molecule has 23 heavy (non-hydrogen) atoms. The van der Waals surface area contributed by atoms with Crippen molar-refractivity contribution in [1.82, 2.24) is 9.97 Å². The zero-order chi connectivity index (χ0) is 17.0. The Hall–Kier alpha value is -2.02. The SMILES string of the molecule is CC(C)COc1nc(Nc2cccc(Cl)c2)ncc1C(F)(F)F. The van der Waals surface area contributed by atoms with Crippen LogP contribution in [0, 0.1) is 5.92 Å². The van der Waals surface area contributed by atoms with Crippen molar-refractivity contribution < 1.29 is 17.9 Å². The zero-order valence-corrected chi connectivity index (χ0v) is 13.2. The average Bonchev–Trinajstić information content (AvgIpc) is 2.44. The Kier molecular flexibility index (Phi) is 5.30. The van der Waals surface area contributed by atoms with Gasteiger partial charge in [0.15, 0.2) is 0 Å². The molecule has 0 amide bonds. The van der Waals surface area contributed by atoms with Crippen molar-refractivity contribution >= 4 is 23.2 Å². The summed E-state index contributed by atoms with van der Waals surface area (Å²) in [5.74, 6) is -0.430. The van der Waals surface area contributed by atoms with Gasteiger partial charge in [-0.1, -0.05) is 31.5 Å². The van der Waals surface area contributed by atoms with Crippen molar-refractivity contribution in [1.29, 1.82) is 0 Å². The predicted octanol–water partition coefficient (Wildman–Crippen LogP) is 4.93. The van der Waals surface area contributed by atoms with Crippen LogP contribution in [0.25, 0.3) is 0 Å². The van der Waals surface area contributed by atoms with Crippen molar-refractivity contribution in [2.24, 2.45) is 5.92 Å². The molecule has 0 aliphatic rings. The number of benzene rings is 1. The highest BCUT2D eigenvalue weighted by atomic mass is 35.5. The first-order valence-corrected chi connectivity index (χ1v) is 7.23. The number of hydrogen-bond acceptors (Lipinski definition) is 4. The molecule has 0 aliphatic heterocycles. The van der Waals surface area contributed by atoms with Crippen LogP contribution in [0.1, 0.15) is 19.4 Å². The smallest absolute Gasteiger partial charge is 0.423 e. The van der Waals surface area contributed by atoms with E-state index in [1.165, 1.54) is 0 Å². The second-order valence-corrected chi connectivity index (χ2v) is 5.69. The van der Waals surface area contributed by atoms with Gasteiger partial charge < -0.3 is 10.1 Å². The summed E-state index contributed by atoms with van der Waals surface area (Å²) in [5, 5.41) is 3.28. The standard InChI is InChI=1S/C15H15ClF3N3O/c1-9(2)8-23-13-12(15(17,18)19)7-20-14(22-13)21-11-5-3-4-10(16)6-11/h3-7,9H,8H2,1-2H3,(H,20,21,22). The van der Waals surface area contributed by atoms with E-state index in [9.17, 15) is 13.2 Å². The Balaban J connectivity index is 2.29. The highest BCUT2D eigenvalue weighted by Gasteiger charge is 2.36. The maximum Gasteiger partial charge on any atom is 0.423 e. The lowest BCUT2D eigenvalue weighted by Gasteiger charge is -2.15. The number of ether oxygens (including phenoxy) is 1. The van der Waals surface area contributed by atoms with Gasteiger partial charge in [0.2, 0.25) is 11.8 Å². The molecule has 1 aromatic heterocycles.